The van der Waals surface area contributed by atoms with Crippen LogP contribution in [0.5, 0.6) is 0 Å². The molecule has 0 bridgehead atoms. The number of halogens is 1. The molecule has 1 aromatic rings. The van der Waals surface area contributed by atoms with Crippen LogP contribution in [0.25, 0.3) is 0 Å². The number of nitrogens with two attached hydrogens (primary N) is 1. The molecule has 0 aliphatic heterocycles. The highest BCUT2D eigenvalue weighted by atomic mass is 32.1. The van der Waals surface area contributed by atoms with Gasteiger partial charge in [0.25, 0.3) is 0 Å². The van der Waals surface area contributed by atoms with Gasteiger partial charge in [-0.25, -0.2) is 4.39 Å². The van der Waals surface area contributed by atoms with Crippen molar-refractivity contribution in [2.24, 2.45) is 11.7 Å². The zero-order valence-corrected chi connectivity index (χ0v) is 10.1. The van der Waals surface area contributed by atoms with E-state index in [9.17, 15) is 4.39 Å². The zero-order valence-electron chi connectivity index (χ0n) is 9.24. The van der Waals surface area contributed by atoms with Crippen molar-refractivity contribution in [1.82, 2.24) is 0 Å². The summed E-state index contributed by atoms with van der Waals surface area (Å²) in [6, 6.07) is 5.01. The molecule has 16 heavy (non-hydrogen) atoms. The van der Waals surface area contributed by atoms with Crippen molar-refractivity contribution in [3.05, 3.63) is 29.6 Å². The molecule has 0 amide bonds. The number of anilines is 1. The third-order valence-corrected chi connectivity index (χ3v) is 3.11. The van der Waals surface area contributed by atoms with Crippen LogP contribution >= 0.6 is 12.2 Å². The lowest BCUT2D eigenvalue weighted by Crippen LogP contribution is -2.20. The van der Waals surface area contributed by atoms with Gasteiger partial charge in [-0.2, -0.15) is 0 Å². The molecule has 0 radical (unpaired) electrons. The van der Waals surface area contributed by atoms with Gasteiger partial charge in [-0.15, -0.1) is 0 Å². The molecule has 0 spiro atoms. The van der Waals surface area contributed by atoms with E-state index >= 15 is 0 Å². The molecule has 0 atom stereocenters. The van der Waals surface area contributed by atoms with Crippen LogP contribution in [-0.4, -0.2) is 18.6 Å². The number of hydrogen-bond donors (Lipinski definition) is 1. The first kappa shape index (κ1) is 11.3. The maximum absolute atomic E-state index is 13.6. The Labute approximate surface area is 100 Å². The van der Waals surface area contributed by atoms with Crippen LogP contribution in [0.4, 0.5) is 10.1 Å². The smallest absolute Gasteiger partial charge is 0.135 e. The van der Waals surface area contributed by atoms with Crippen molar-refractivity contribution < 1.29 is 4.39 Å². The fraction of sp³-hybridized carbons (Fsp3) is 0.417. The number of thiocarbonyl (C=S) groups is 1. The van der Waals surface area contributed by atoms with E-state index in [1.54, 1.807) is 6.07 Å². The predicted octanol–water partition coefficient (Wildman–Crippen LogP) is 2.31. The Morgan fingerprint density at radius 1 is 1.56 bits per heavy atom. The maximum atomic E-state index is 13.6. The molecule has 1 saturated carbocycles. The number of nitrogens with zero attached hydrogens (tertiary/aromatic N) is 1. The number of hydrogen-bond acceptors (Lipinski definition) is 2. The van der Waals surface area contributed by atoms with E-state index in [2.05, 4.69) is 4.90 Å². The third-order valence-electron chi connectivity index (χ3n) is 2.89. The number of rotatable bonds is 4. The third kappa shape index (κ3) is 2.50. The molecule has 0 saturated heterocycles. The van der Waals surface area contributed by atoms with Crippen LogP contribution in [0, 0.1) is 11.7 Å². The van der Waals surface area contributed by atoms with Crippen LogP contribution < -0.4 is 10.6 Å². The molecule has 4 heteroatoms. The molecule has 1 aromatic carbocycles. The van der Waals surface area contributed by atoms with Crippen molar-refractivity contribution in [3.63, 3.8) is 0 Å². The second kappa shape index (κ2) is 4.37. The van der Waals surface area contributed by atoms with Crippen LogP contribution in [0.2, 0.25) is 0 Å². The van der Waals surface area contributed by atoms with Crippen molar-refractivity contribution >= 4 is 22.9 Å². The molecule has 2 N–H and O–H groups in total. The van der Waals surface area contributed by atoms with E-state index in [1.165, 1.54) is 18.9 Å². The Bertz CT molecular complexity index is 415. The minimum atomic E-state index is -0.340. The first-order valence-corrected chi connectivity index (χ1v) is 5.79. The van der Waals surface area contributed by atoms with Gasteiger partial charge in [0.2, 0.25) is 0 Å². The lowest BCUT2D eigenvalue weighted by molar-refractivity contribution is 0.624. The molecular formula is C12H15FN2S. The van der Waals surface area contributed by atoms with Gasteiger partial charge in [0, 0.05) is 24.8 Å². The first-order chi connectivity index (χ1) is 7.58. The van der Waals surface area contributed by atoms with Crippen molar-refractivity contribution in [3.8, 4) is 0 Å². The van der Waals surface area contributed by atoms with Crippen molar-refractivity contribution in [2.45, 2.75) is 12.8 Å². The lowest BCUT2D eigenvalue weighted by atomic mass is 10.2. The minimum Gasteiger partial charge on any atom is -0.389 e. The summed E-state index contributed by atoms with van der Waals surface area (Å²) in [5, 5.41) is 0. The first-order valence-electron chi connectivity index (χ1n) is 5.38. The highest BCUT2D eigenvalue weighted by Crippen LogP contribution is 2.31. The maximum Gasteiger partial charge on any atom is 0.135 e. The molecule has 0 aromatic heterocycles. The van der Waals surface area contributed by atoms with Gasteiger partial charge in [0.1, 0.15) is 10.8 Å². The summed E-state index contributed by atoms with van der Waals surface area (Å²) in [4.78, 5) is 2.18. The van der Waals surface area contributed by atoms with Gasteiger partial charge in [-0.05, 0) is 37.0 Å². The standard InChI is InChI=1S/C12H15FN2S/c1-15(7-8-2-3-8)9-4-5-10(12(14)16)11(13)6-9/h4-6,8H,2-3,7H2,1H3,(H2,14,16). The Balaban J connectivity index is 2.15. The van der Waals surface area contributed by atoms with E-state index in [0.717, 1.165) is 18.2 Å². The average molecular weight is 238 g/mol. The summed E-state index contributed by atoms with van der Waals surface area (Å²) >= 11 is 4.76. The average Bonchev–Trinajstić information content (AvgIpc) is 3.00. The molecule has 2 rings (SSSR count). The fourth-order valence-corrected chi connectivity index (χ4v) is 1.90. The molecule has 1 aliphatic rings. The van der Waals surface area contributed by atoms with E-state index in [0.29, 0.717) is 5.56 Å². The van der Waals surface area contributed by atoms with Gasteiger partial charge in [0.05, 0.1) is 0 Å². The topological polar surface area (TPSA) is 29.3 Å². The summed E-state index contributed by atoms with van der Waals surface area (Å²) in [6.45, 7) is 0.992. The van der Waals surface area contributed by atoms with E-state index in [4.69, 9.17) is 18.0 Å². The van der Waals surface area contributed by atoms with Gasteiger partial charge in [-0.3, -0.25) is 0 Å². The second-order valence-corrected chi connectivity index (χ2v) is 4.79. The second-order valence-electron chi connectivity index (χ2n) is 4.35. The molecule has 0 unspecified atom stereocenters. The SMILES string of the molecule is CN(CC1CC1)c1ccc(C(N)=S)c(F)c1. The van der Waals surface area contributed by atoms with Crippen LogP contribution in [-0.2, 0) is 0 Å². The van der Waals surface area contributed by atoms with Crippen LogP contribution in [0.1, 0.15) is 18.4 Å². The van der Waals surface area contributed by atoms with E-state index in [-0.39, 0.29) is 10.8 Å². The summed E-state index contributed by atoms with van der Waals surface area (Å²) < 4.78 is 13.6. The van der Waals surface area contributed by atoms with E-state index < -0.39 is 0 Å². The lowest BCUT2D eigenvalue weighted by Gasteiger charge is -2.19. The minimum absolute atomic E-state index is 0.105. The Morgan fingerprint density at radius 3 is 2.75 bits per heavy atom. The fourth-order valence-electron chi connectivity index (χ4n) is 1.73. The summed E-state index contributed by atoms with van der Waals surface area (Å²) in [5.74, 6) is 0.441. The van der Waals surface area contributed by atoms with Gasteiger partial charge < -0.3 is 10.6 Å². The monoisotopic (exact) mass is 238 g/mol. The van der Waals surface area contributed by atoms with Crippen LogP contribution in [0.15, 0.2) is 18.2 Å². The van der Waals surface area contributed by atoms with Crippen molar-refractivity contribution in [2.75, 3.05) is 18.5 Å². The largest absolute Gasteiger partial charge is 0.389 e. The van der Waals surface area contributed by atoms with Crippen LogP contribution in [0.3, 0.4) is 0 Å². The molecule has 0 heterocycles. The Hall–Kier alpha value is -1.16. The summed E-state index contributed by atoms with van der Waals surface area (Å²) in [5.41, 5.74) is 6.61. The highest BCUT2D eigenvalue weighted by Gasteiger charge is 2.23. The Morgan fingerprint density at radius 2 is 2.25 bits per heavy atom. The number of benzene rings is 1. The van der Waals surface area contributed by atoms with Gasteiger partial charge >= 0.3 is 0 Å². The predicted molar refractivity (Wildman–Crippen MR) is 68.3 cm³/mol. The molecule has 1 aliphatic carbocycles. The highest BCUT2D eigenvalue weighted by molar-refractivity contribution is 7.80. The molecule has 1 fully saturated rings. The summed E-state index contributed by atoms with van der Waals surface area (Å²) in [7, 11) is 1.98. The van der Waals surface area contributed by atoms with Gasteiger partial charge in [-0.1, -0.05) is 12.2 Å². The zero-order chi connectivity index (χ0) is 11.7. The quantitative estimate of drug-likeness (QED) is 0.816. The molecule has 86 valence electrons. The Kier molecular flexibility index (Phi) is 3.10. The normalized spacial score (nSPS) is 14.9. The van der Waals surface area contributed by atoms with Gasteiger partial charge in [0.15, 0.2) is 0 Å². The molecule has 2 nitrogen and oxygen atoms in total. The molecular weight excluding hydrogens is 223 g/mol. The summed E-state index contributed by atoms with van der Waals surface area (Å²) in [6.07, 6.45) is 2.58. The van der Waals surface area contributed by atoms with Crippen molar-refractivity contribution in [1.29, 1.82) is 0 Å². The van der Waals surface area contributed by atoms with E-state index in [1.807, 2.05) is 13.1 Å².